The number of rotatable bonds is 9. The van der Waals surface area contributed by atoms with Crippen LogP contribution in [0.25, 0.3) is 65.6 Å². The van der Waals surface area contributed by atoms with Gasteiger partial charge in [0.05, 0.1) is 33.3 Å². The largest absolute Gasteiger partial charge is 0.310 e. The van der Waals surface area contributed by atoms with E-state index in [4.69, 9.17) is 0 Å². The van der Waals surface area contributed by atoms with Gasteiger partial charge in [-0.25, -0.2) is 0 Å². The summed E-state index contributed by atoms with van der Waals surface area (Å²) in [5.74, 6) is 0.922. The zero-order chi connectivity index (χ0) is 43.1. The summed E-state index contributed by atoms with van der Waals surface area (Å²) in [6.45, 7) is 9.01. The number of benzene rings is 9. The van der Waals surface area contributed by atoms with Gasteiger partial charge < -0.3 is 18.8 Å². The molecule has 0 atom stereocenters. The Balaban J connectivity index is 1.12. The van der Waals surface area contributed by atoms with Crippen LogP contribution in [-0.2, 0) is 0 Å². The molecule has 0 N–H and O–H groups in total. The van der Waals surface area contributed by atoms with E-state index in [0.717, 1.165) is 34.1 Å². The van der Waals surface area contributed by atoms with E-state index in [0.29, 0.717) is 11.8 Å². The number of para-hydroxylation sites is 4. The highest BCUT2D eigenvalue weighted by atomic mass is 15.2. The van der Waals surface area contributed by atoms with E-state index in [2.05, 4.69) is 253 Å². The van der Waals surface area contributed by atoms with Gasteiger partial charge in [-0.2, -0.15) is 0 Å². The third-order valence-electron chi connectivity index (χ3n) is 13.4. The van der Waals surface area contributed by atoms with Crippen molar-refractivity contribution < 1.29 is 0 Å². The van der Waals surface area contributed by atoms with Crippen LogP contribution in [0.2, 0.25) is 0 Å². The summed E-state index contributed by atoms with van der Waals surface area (Å²) < 4.78 is 5.00. The molecule has 12 rings (SSSR count). The molecule has 0 amide bonds. The number of hydrogen-bond donors (Lipinski definition) is 0. The maximum absolute atomic E-state index is 2.53. The van der Waals surface area contributed by atoms with Crippen LogP contribution in [0.15, 0.2) is 206 Å². The topological polar surface area (TPSA) is 15.8 Å². The van der Waals surface area contributed by atoms with Gasteiger partial charge in [-0.15, -0.1) is 0 Å². The van der Waals surface area contributed by atoms with E-state index in [9.17, 15) is 0 Å². The predicted molar refractivity (Wildman–Crippen MR) is 273 cm³/mol. The fourth-order valence-corrected chi connectivity index (χ4v) is 10.2. The van der Waals surface area contributed by atoms with Gasteiger partial charge in [0, 0.05) is 66.4 Å². The van der Waals surface area contributed by atoms with Crippen LogP contribution in [0.5, 0.6) is 0 Å². The van der Waals surface area contributed by atoms with E-state index in [1.165, 1.54) is 76.7 Å². The molecule has 64 heavy (non-hydrogen) atoms. The predicted octanol–water partition coefficient (Wildman–Crippen LogP) is 17.1. The molecule has 0 radical (unpaired) electrons. The molecule has 0 bridgehead atoms. The summed E-state index contributed by atoms with van der Waals surface area (Å²) in [5, 5.41) is 7.45. The van der Waals surface area contributed by atoms with Crippen LogP contribution in [0.3, 0.4) is 0 Å². The first-order valence-electron chi connectivity index (χ1n) is 22.6. The Kier molecular flexibility index (Phi) is 8.84. The Morgan fingerprint density at radius 3 is 1.47 bits per heavy atom. The summed E-state index contributed by atoms with van der Waals surface area (Å²) in [7, 11) is 0. The van der Waals surface area contributed by atoms with Crippen molar-refractivity contribution in [3.05, 3.63) is 217 Å². The van der Waals surface area contributed by atoms with Gasteiger partial charge in [-0.3, -0.25) is 0 Å². The van der Waals surface area contributed by atoms with Crippen molar-refractivity contribution >= 4 is 94.0 Å². The number of anilines is 6. The fourth-order valence-electron chi connectivity index (χ4n) is 10.2. The van der Waals surface area contributed by atoms with E-state index >= 15 is 0 Å². The monoisotopic (exact) mass is 824 g/mol. The SMILES string of the molecule is CC(C)c1ccc(N(c2ccccc2)c2ccc3c4cc5c(cc4n(-c4ccccc4)c3c2)c2ccc(N(c3ccccc3)c3ccc(C(C)C)cc3)c3c4ccccc4n5c23)cc1. The van der Waals surface area contributed by atoms with Crippen LogP contribution < -0.4 is 9.80 Å². The van der Waals surface area contributed by atoms with Crippen molar-refractivity contribution in [1.82, 2.24) is 8.97 Å². The highest BCUT2D eigenvalue weighted by Crippen LogP contribution is 2.49. The lowest BCUT2D eigenvalue weighted by Gasteiger charge is -2.27. The zero-order valence-corrected chi connectivity index (χ0v) is 36.6. The lowest BCUT2D eigenvalue weighted by atomic mass is 10.0. The second-order valence-electron chi connectivity index (χ2n) is 17.8. The van der Waals surface area contributed by atoms with Crippen LogP contribution in [0.1, 0.15) is 50.7 Å². The van der Waals surface area contributed by atoms with E-state index in [1.807, 2.05) is 0 Å². The first kappa shape index (κ1) is 37.9. The smallest absolute Gasteiger partial charge is 0.0641 e. The molecule has 0 saturated carbocycles. The van der Waals surface area contributed by atoms with E-state index in [-0.39, 0.29) is 0 Å². The van der Waals surface area contributed by atoms with Crippen molar-refractivity contribution in [2.24, 2.45) is 0 Å². The van der Waals surface area contributed by atoms with Gasteiger partial charge in [0.25, 0.3) is 0 Å². The van der Waals surface area contributed by atoms with Crippen molar-refractivity contribution in [2.75, 3.05) is 9.80 Å². The Bertz CT molecular complexity index is 3640. The molecule has 0 aliphatic carbocycles. The van der Waals surface area contributed by atoms with Gasteiger partial charge in [0.2, 0.25) is 0 Å². The number of aromatic nitrogens is 2. The van der Waals surface area contributed by atoms with Gasteiger partial charge >= 0.3 is 0 Å². The number of nitrogens with zero attached hydrogens (tertiary/aromatic N) is 4. The quantitative estimate of drug-likeness (QED) is 0.144. The highest BCUT2D eigenvalue weighted by Gasteiger charge is 2.26. The van der Waals surface area contributed by atoms with Gasteiger partial charge in [-0.1, -0.05) is 137 Å². The second-order valence-corrected chi connectivity index (χ2v) is 17.8. The first-order chi connectivity index (χ1) is 31.4. The number of hydrogen-bond acceptors (Lipinski definition) is 2. The van der Waals surface area contributed by atoms with Gasteiger partial charge in [0.15, 0.2) is 0 Å². The van der Waals surface area contributed by atoms with E-state index < -0.39 is 0 Å². The molecular formula is C60H48N4. The van der Waals surface area contributed by atoms with E-state index in [1.54, 1.807) is 0 Å². The molecule has 3 aromatic heterocycles. The Hall–Kier alpha value is -7.82. The van der Waals surface area contributed by atoms with Crippen molar-refractivity contribution in [3.8, 4) is 5.69 Å². The Morgan fingerprint density at radius 1 is 0.344 bits per heavy atom. The molecule has 0 aliphatic heterocycles. The Labute approximate surface area is 373 Å². The standard InChI is InChI=1S/C60H48N4/c1-39(2)41-24-28-46(29-25-41)61(43-16-8-5-9-17-43)48-32-33-49-52-37-58-53(38-57(52)63(56(49)36-48)45-20-12-7-13-21-45)50-34-35-55(59-51-22-14-15-23-54(51)64(58)60(50)59)62(44-18-10-6-11-19-44)47-30-26-42(27-31-47)40(3)4/h5-40H,1-4H3. The maximum Gasteiger partial charge on any atom is 0.0641 e. The molecule has 3 heterocycles. The minimum Gasteiger partial charge on any atom is -0.310 e. The van der Waals surface area contributed by atoms with Gasteiger partial charge in [-0.05, 0) is 120 Å². The molecule has 0 saturated heterocycles. The van der Waals surface area contributed by atoms with Crippen molar-refractivity contribution in [1.29, 1.82) is 0 Å². The minimum absolute atomic E-state index is 0.459. The molecular weight excluding hydrogens is 777 g/mol. The highest BCUT2D eigenvalue weighted by molar-refractivity contribution is 6.29. The molecule has 0 aliphatic rings. The first-order valence-corrected chi connectivity index (χ1v) is 22.6. The Morgan fingerprint density at radius 2 is 0.828 bits per heavy atom. The average molecular weight is 825 g/mol. The van der Waals surface area contributed by atoms with Crippen LogP contribution in [-0.4, -0.2) is 8.97 Å². The summed E-state index contributed by atoms with van der Waals surface area (Å²) in [4.78, 5) is 4.82. The third kappa shape index (κ3) is 5.90. The molecule has 308 valence electrons. The molecule has 9 aromatic carbocycles. The van der Waals surface area contributed by atoms with Crippen LogP contribution in [0.4, 0.5) is 34.1 Å². The summed E-state index contributed by atoms with van der Waals surface area (Å²) in [6.07, 6.45) is 0. The summed E-state index contributed by atoms with van der Waals surface area (Å²) in [6, 6.07) is 76.1. The molecule has 0 spiro atoms. The van der Waals surface area contributed by atoms with Crippen molar-refractivity contribution in [3.63, 3.8) is 0 Å². The molecule has 4 heteroatoms. The normalized spacial score (nSPS) is 12.0. The summed E-state index contributed by atoms with van der Waals surface area (Å²) >= 11 is 0. The molecule has 0 unspecified atom stereocenters. The third-order valence-corrected chi connectivity index (χ3v) is 13.4. The lowest BCUT2D eigenvalue weighted by Crippen LogP contribution is -2.10. The lowest BCUT2D eigenvalue weighted by molar-refractivity contribution is 0.866. The minimum atomic E-state index is 0.459. The fraction of sp³-hybridized carbons (Fsp3) is 0.100. The zero-order valence-electron chi connectivity index (χ0n) is 36.6. The summed E-state index contributed by atoms with van der Waals surface area (Å²) in [5.41, 5.74) is 16.7. The molecule has 12 aromatic rings. The van der Waals surface area contributed by atoms with Gasteiger partial charge in [0.1, 0.15) is 0 Å². The number of fused-ring (bicyclic) bond motifs is 9. The van der Waals surface area contributed by atoms with Crippen LogP contribution in [0, 0.1) is 0 Å². The molecule has 4 nitrogen and oxygen atoms in total. The average Bonchev–Trinajstić information content (AvgIpc) is 3.97. The van der Waals surface area contributed by atoms with Crippen molar-refractivity contribution in [2.45, 2.75) is 39.5 Å². The van der Waals surface area contributed by atoms with Crippen LogP contribution >= 0.6 is 0 Å². The molecule has 0 fully saturated rings. The second kappa shape index (κ2) is 14.9. The maximum atomic E-state index is 2.53.